The second kappa shape index (κ2) is 8.88. The second-order valence-electron chi connectivity index (χ2n) is 7.62. The summed E-state index contributed by atoms with van der Waals surface area (Å²) in [4.78, 5) is 39.9. The predicted octanol–water partition coefficient (Wildman–Crippen LogP) is 5.46. The van der Waals surface area contributed by atoms with E-state index in [0.717, 1.165) is 21.2 Å². The number of nitrogens with zero attached hydrogens (tertiary/aromatic N) is 4. The van der Waals surface area contributed by atoms with Gasteiger partial charge in [-0.1, -0.05) is 42.1 Å². The molecule has 3 aromatic rings. The van der Waals surface area contributed by atoms with Crippen molar-refractivity contribution in [1.82, 2.24) is 9.88 Å². The van der Waals surface area contributed by atoms with Crippen molar-refractivity contribution < 1.29 is 9.59 Å². The SMILES string of the molecule is CC(=O)c1cccc(N=C2S/C(=C3\Sc4ccccc4N3C)C(=O)N2Cc2cccnc2)c1. The second-order valence-corrected chi connectivity index (χ2v) is 9.63. The van der Waals surface area contributed by atoms with Crippen LogP contribution in [0.15, 0.2) is 92.9 Å². The van der Waals surface area contributed by atoms with E-state index < -0.39 is 0 Å². The summed E-state index contributed by atoms with van der Waals surface area (Å²) in [6, 6.07) is 19.1. The molecule has 0 aliphatic carbocycles. The first-order valence-corrected chi connectivity index (χ1v) is 12.0. The van der Waals surface area contributed by atoms with Crippen LogP contribution < -0.4 is 4.90 Å². The van der Waals surface area contributed by atoms with E-state index in [1.807, 2.05) is 37.4 Å². The van der Waals surface area contributed by atoms with Crippen molar-refractivity contribution in [2.75, 3.05) is 11.9 Å². The number of para-hydroxylation sites is 1. The third-order valence-corrected chi connectivity index (χ3v) is 7.77. The van der Waals surface area contributed by atoms with E-state index in [9.17, 15) is 9.59 Å². The summed E-state index contributed by atoms with van der Waals surface area (Å²) in [7, 11) is 1.98. The summed E-state index contributed by atoms with van der Waals surface area (Å²) in [5, 5.41) is 1.47. The zero-order chi connectivity index (χ0) is 22.9. The molecule has 0 radical (unpaired) electrons. The Hall–Kier alpha value is -3.36. The Bertz CT molecular complexity index is 1320. The van der Waals surface area contributed by atoms with Crippen LogP contribution in [0.2, 0.25) is 0 Å². The minimum absolute atomic E-state index is 0.0241. The number of ketones is 1. The minimum atomic E-state index is -0.0903. The fourth-order valence-electron chi connectivity index (χ4n) is 3.64. The molecule has 2 aromatic carbocycles. The van der Waals surface area contributed by atoms with Gasteiger partial charge in [-0.2, -0.15) is 0 Å². The average Bonchev–Trinajstić information content (AvgIpc) is 3.31. The van der Waals surface area contributed by atoms with Crippen LogP contribution in [-0.4, -0.2) is 33.8 Å². The Balaban J connectivity index is 1.56. The first-order valence-electron chi connectivity index (χ1n) is 10.3. The van der Waals surface area contributed by atoms with Gasteiger partial charge in [-0.05, 0) is 54.6 Å². The molecule has 0 unspecified atom stereocenters. The molecule has 5 rings (SSSR count). The van der Waals surface area contributed by atoms with Crippen LogP contribution in [-0.2, 0) is 11.3 Å². The van der Waals surface area contributed by atoms with Crippen molar-refractivity contribution in [2.45, 2.75) is 18.4 Å². The number of hydrogen-bond donors (Lipinski definition) is 0. The van der Waals surface area contributed by atoms with Gasteiger partial charge in [0.1, 0.15) is 4.91 Å². The molecule has 164 valence electrons. The van der Waals surface area contributed by atoms with Gasteiger partial charge in [-0.3, -0.25) is 19.5 Å². The third-order valence-electron chi connectivity index (χ3n) is 5.34. The van der Waals surface area contributed by atoms with Gasteiger partial charge < -0.3 is 4.90 Å². The molecule has 1 amide bonds. The number of anilines is 1. The van der Waals surface area contributed by atoms with Crippen molar-refractivity contribution in [1.29, 1.82) is 0 Å². The molecule has 33 heavy (non-hydrogen) atoms. The number of pyridine rings is 1. The summed E-state index contributed by atoms with van der Waals surface area (Å²) in [6.07, 6.45) is 3.46. The van der Waals surface area contributed by atoms with Gasteiger partial charge in [0.2, 0.25) is 0 Å². The average molecular weight is 473 g/mol. The molecule has 0 atom stereocenters. The number of aliphatic imine (C=N–C) groups is 1. The van der Waals surface area contributed by atoms with Crippen LogP contribution >= 0.6 is 23.5 Å². The highest BCUT2D eigenvalue weighted by molar-refractivity contribution is 8.19. The van der Waals surface area contributed by atoms with E-state index in [1.54, 1.807) is 47.3 Å². The lowest BCUT2D eigenvalue weighted by atomic mass is 10.1. The summed E-state index contributed by atoms with van der Waals surface area (Å²) in [6.45, 7) is 1.89. The standard InChI is InChI=1S/C25H20N4O2S2/c1-16(30)18-8-5-9-19(13-18)27-25-29(15-17-7-6-12-26-14-17)23(31)22(33-25)24-28(2)20-10-3-4-11-21(20)32-24/h3-14H,15H2,1-2H3/b24-22-,27-25?. The highest BCUT2D eigenvalue weighted by atomic mass is 32.2. The lowest BCUT2D eigenvalue weighted by molar-refractivity contribution is -0.122. The number of thioether (sulfide) groups is 2. The molecular weight excluding hydrogens is 452 g/mol. The molecule has 0 spiro atoms. The Morgan fingerprint density at radius 1 is 1.06 bits per heavy atom. The summed E-state index contributed by atoms with van der Waals surface area (Å²) in [5.41, 5.74) is 3.22. The zero-order valence-electron chi connectivity index (χ0n) is 18.1. The summed E-state index contributed by atoms with van der Waals surface area (Å²) in [5.74, 6) is -0.114. The molecule has 3 heterocycles. The molecule has 6 nitrogen and oxygen atoms in total. The van der Waals surface area contributed by atoms with E-state index in [4.69, 9.17) is 4.99 Å². The summed E-state index contributed by atoms with van der Waals surface area (Å²) < 4.78 is 0. The molecule has 0 bridgehead atoms. The number of hydrogen-bond acceptors (Lipinski definition) is 7. The van der Waals surface area contributed by atoms with Crippen molar-refractivity contribution in [2.24, 2.45) is 4.99 Å². The highest BCUT2D eigenvalue weighted by Crippen LogP contribution is 2.50. The maximum Gasteiger partial charge on any atom is 0.269 e. The Morgan fingerprint density at radius 2 is 1.91 bits per heavy atom. The molecule has 1 saturated heterocycles. The predicted molar refractivity (Wildman–Crippen MR) is 134 cm³/mol. The van der Waals surface area contributed by atoms with E-state index in [-0.39, 0.29) is 11.7 Å². The number of amidine groups is 1. The van der Waals surface area contributed by atoms with Crippen molar-refractivity contribution >= 4 is 51.8 Å². The highest BCUT2D eigenvalue weighted by Gasteiger charge is 2.39. The van der Waals surface area contributed by atoms with Crippen LogP contribution in [0.25, 0.3) is 0 Å². The summed E-state index contributed by atoms with van der Waals surface area (Å²) >= 11 is 2.96. The molecule has 0 saturated carbocycles. The number of benzene rings is 2. The monoisotopic (exact) mass is 472 g/mol. The number of Topliss-reactive ketones (excluding diaryl/α,β-unsaturated/α-hetero) is 1. The molecule has 8 heteroatoms. The van der Waals surface area contributed by atoms with Crippen LogP contribution in [0.1, 0.15) is 22.8 Å². The van der Waals surface area contributed by atoms with Crippen LogP contribution in [0, 0.1) is 0 Å². The quantitative estimate of drug-likeness (QED) is 0.371. The lowest BCUT2D eigenvalue weighted by Gasteiger charge is -2.16. The maximum absolute atomic E-state index is 13.6. The van der Waals surface area contributed by atoms with E-state index >= 15 is 0 Å². The molecule has 1 aromatic heterocycles. The van der Waals surface area contributed by atoms with Crippen LogP contribution in [0.4, 0.5) is 11.4 Å². The number of fused-ring (bicyclic) bond motifs is 1. The van der Waals surface area contributed by atoms with Gasteiger partial charge in [0.05, 0.1) is 22.9 Å². The van der Waals surface area contributed by atoms with E-state index in [0.29, 0.717) is 27.9 Å². The number of amides is 1. The van der Waals surface area contributed by atoms with E-state index in [1.165, 1.54) is 18.7 Å². The Kier molecular flexibility index (Phi) is 5.78. The molecular formula is C25H20N4O2S2. The Morgan fingerprint density at radius 3 is 2.67 bits per heavy atom. The van der Waals surface area contributed by atoms with Gasteiger partial charge in [0.15, 0.2) is 11.0 Å². The van der Waals surface area contributed by atoms with Gasteiger partial charge in [-0.25, -0.2) is 4.99 Å². The van der Waals surface area contributed by atoms with Crippen molar-refractivity contribution in [3.63, 3.8) is 0 Å². The van der Waals surface area contributed by atoms with Crippen LogP contribution in [0.5, 0.6) is 0 Å². The Labute approximate surface area is 200 Å². The van der Waals surface area contributed by atoms with Gasteiger partial charge in [-0.15, -0.1) is 0 Å². The molecule has 2 aliphatic rings. The third kappa shape index (κ3) is 4.19. The van der Waals surface area contributed by atoms with Crippen LogP contribution in [0.3, 0.4) is 0 Å². The topological polar surface area (TPSA) is 65.9 Å². The van der Waals surface area contributed by atoms with E-state index in [2.05, 4.69) is 22.0 Å². The number of carbonyl (C=O) groups is 2. The smallest absolute Gasteiger partial charge is 0.269 e. The van der Waals surface area contributed by atoms with Crippen molar-refractivity contribution in [3.05, 3.63) is 94.1 Å². The van der Waals surface area contributed by atoms with Crippen molar-refractivity contribution in [3.8, 4) is 0 Å². The number of carbonyl (C=O) groups excluding carboxylic acids is 2. The first-order chi connectivity index (χ1) is 16.0. The van der Waals surface area contributed by atoms with Gasteiger partial charge in [0.25, 0.3) is 5.91 Å². The molecule has 2 aliphatic heterocycles. The maximum atomic E-state index is 13.6. The largest absolute Gasteiger partial charge is 0.337 e. The fraction of sp³-hybridized carbons (Fsp3) is 0.120. The number of aromatic nitrogens is 1. The molecule has 1 fully saturated rings. The first kappa shape index (κ1) is 21.5. The molecule has 0 N–H and O–H groups in total. The minimum Gasteiger partial charge on any atom is -0.337 e. The zero-order valence-corrected chi connectivity index (χ0v) is 19.7. The number of rotatable bonds is 4. The fourth-order valence-corrected chi connectivity index (χ4v) is 5.98. The van der Waals surface area contributed by atoms with Gasteiger partial charge >= 0.3 is 0 Å². The van der Waals surface area contributed by atoms with Gasteiger partial charge in [0, 0.05) is 29.9 Å². The lowest BCUT2D eigenvalue weighted by Crippen LogP contribution is -2.29. The normalized spacial score (nSPS) is 18.8.